The molecule has 0 unspecified atom stereocenters. The molecule has 1 heterocycles. The van der Waals surface area contributed by atoms with E-state index >= 15 is 0 Å². The standard InChI is InChI=1S/C20H21N/c1-17(18-10-4-2-5-11-18)16-20(21-14-8-9-15-21)19-12-6-3-7-13-19/h2-7,10-13,16H,1,8-9,14-15H2/b20-16-. The Labute approximate surface area is 127 Å². The number of nitrogens with zero attached hydrogens (tertiary/aromatic N) is 1. The van der Waals surface area contributed by atoms with E-state index in [1.165, 1.54) is 29.7 Å². The SMILES string of the molecule is C=C(/C=C(/c1ccccc1)N1CCCC1)c1ccccc1. The fourth-order valence-electron chi connectivity index (χ4n) is 2.82. The Morgan fingerprint density at radius 2 is 1.33 bits per heavy atom. The van der Waals surface area contributed by atoms with Gasteiger partial charge in [0.05, 0.1) is 0 Å². The maximum atomic E-state index is 4.26. The van der Waals surface area contributed by atoms with Crippen molar-refractivity contribution in [3.8, 4) is 0 Å². The molecule has 2 aromatic carbocycles. The second kappa shape index (κ2) is 6.45. The third-order valence-corrected chi connectivity index (χ3v) is 3.97. The summed E-state index contributed by atoms with van der Waals surface area (Å²) in [6.07, 6.45) is 4.79. The van der Waals surface area contributed by atoms with Crippen molar-refractivity contribution in [2.75, 3.05) is 13.1 Å². The lowest BCUT2D eigenvalue weighted by Crippen LogP contribution is -2.17. The molecule has 1 nitrogen and oxygen atoms in total. The van der Waals surface area contributed by atoms with Gasteiger partial charge in [-0.25, -0.2) is 0 Å². The average molecular weight is 275 g/mol. The first-order valence-corrected chi connectivity index (χ1v) is 7.61. The first kappa shape index (κ1) is 13.7. The normalized spacial score (nSPS) is 15.2. The van der Waals surface area contributed by atoms with E-state index in [1.54, 1.807) is 0 Å². The molecule has 2 aromatic rings. The fourth-order valence-corrected chi connectivity index (χ4v) is 2.82. The van der Waals surface area contributed by atoms with Gasteiger partial charge >= 0.3 is 0 Å². The topological polar surface area (TPSA) is 3.24 Å². The largest absolute Gasteiger partial charge is 0.371 e. The monoisotopic (exact) mass is 275 g/mol. The highest BCUT2D eigenvalue weighted by Gasteiger charge is 2.16. The zero-order valence-electron chi connectivity index (χ0n) is 12.3. The van der Waals surface area contributed by atoms with Crippen molar-refractivity contribution in [3.05, 3.63) is 84.4 Å². The van der Waals surface area contributed by atoms with Crippen molar-refractivity contribution in [1.82, 2.24) is 4.90 Å². The highest BCUT2D eigenvalue weighted by molar-refractivity contribution is 5.82. The van der Waals surface area contributed by atoms with E-state index < -0.39 is 0 Å². The van der Waals surface area contributed by atoms with Gasteiger partial charge in [0.1, 0.15) is 0 Å². The number of hydrogen-bond acceptors (Lipinski definition) is 1. The van der Waals surface area contributed by atoms with Crippen LogP contribution in [-0.4, -0.2) is 18.0 Å². The lowest BCUT2D eigenvalue weighted by Gasteiger charge is -2.22. The maximum absolute atomic E-state index is 4.26. The van der Waals surface area contributed by atoms with Crippen LogP contribution in [0.4, 0.5) is 0 Å². The molecule has 0 spiro atoms. The Morgan fingerprint density at radius 1 is 0.810 bits per heavy atom. The van der Waals surface area contributed by atoms with Crippen molar-refractivity contribution >= 4 is 11.3 Å². The van der Waals surface area contributed by atoms with Crippen molar-refractivity contribution in [1.29, 1.82) is 0 Å². The lowest BCUT2D eigenvalue weighted by molar-refractivity contribution is 0.493. The molecule has 0 bridgehead atoms. The Hall–Kier alpha value is -2.28. The summed E-state index contributed by atoms with van der Waals surface area (Å²) >= 11 is 0. The molecule has 0 aromatic heterocycles. The van der Waals surface area contributed by atoms with Crippen LogP contribution in [0.25, 0.3) is 11.3 Å². The molecule has 1 heteroatoms. The van der Waals surface area contributed by atoms with Crippen LogP contribution in [0, 0.1) is 0 Å². The third kappa shape index (κ3) is 3.25. The van der Waals surface area contributed by atoms with E-state index in [1.807, 2.05) is 6.07 Å². The van der Waals surface area contributed by atoms with Crippen molar-refractivity contribution in [2.45, 2.75) is 12.8 Å². The summed E-state index contributed by atoms with van der Waals surface area (Å²) in [6, 6.07) is 21.0. The summed E-state index contributed by atoms with van der Waals surface area (Å²) in [4.78, 5) is 2.48. The summed E-state index contributed by atoms with van der Waals surface area (Å²) in [6.45, 7) is 6.54. The van der Waals surface area contributed by atoms with E-state index in [-0.39, 0.29) is 0 Å². The molecule has 0 amide bonds. The third-order valence-electron chi connectivity index (χ3n) is 3.97. The molecule has 1 aliphatic heterocycles. The minimum absolute atomic E-state index is 1.07. The minimum atomic E-state index is 1.07. The van der Waals surface area contributed by atoms with E-state index in [0.29, 0.717) is 0 Å². The van der Waals surface area contributed by atoms with Crippen LogP contribution in [-0.2, 0) is 0 Å². The van der Waals surface area contributed by atoms with Crippen LogP contribution in [0.3, 0.4) is 0 Å². The van der Waals surface area contributed by atoms with E-state index in [2.05, 4.69) is 72.2 Å². The van der Waals surface area contributed by atoms with Gasteiger partial charge in [0, 0.05) is 18.8 Å². The van der Waals surface area contributed by atoms with Crippen LogP contribution in [0.2, 0.25) is 0 Å². The van der Waals surface area contributed by atoms with Gasteiger partial charge in [-0.1, -0.05) is 67.2 Å². The average Bonchev–Trinajstić information content (AvgIpc) is 3.08. The Kier molecular flexibility index (Phi) is 4.20. The molecule has 0 saturated carbocycles. The van der Waals surface area contributed by atoms with Gasteiger partial charge in [0.25, 0.3) is 0 Å². The molecular weight excluding hydrogens is 254 g/mol. The molecule has 0 aliphatic carbocycles. The quantitative estimate of drug-likeness (QED) is 0.722. The lowest BCUT2D eigenvalue weighted by atomic mass is 10.0. The number of likely N-dealkylation sites (tertiary alicyclic amines) is 1. The summed E-state index contributed by atoms with van der Waals surface area (Å²) < 4.78 is 0. The van der Waals surface area contributed by atoms with Gasteiger partial charge in [-0.05, 0) is 35.6 Å². The molecular formula is C20H21N. The van der Waals surface area contributed by atoms with Gasteiger partial charge in [-0.2, -0.15) is 0 Å². The second-order valence-electron chi connectivity index (χ2n) is 5.48. The molecule has 1 aliphatic rings. The predicted octanol–water partition coefficient (Wildman–Crippen LogP) is 4.84. The Bertz CT molecular complexity index is 619. The van der Waals surface area contributed by atoms with Crippen LogP contribution >= 0.6 is 0 Å². The first-order valence-electron chi connectivity index (χ1n) is 7.61. The molecule has 106 valence electrons. The maximum Gasteiger partial charge on any atom is 0.0445 e. The number of rotatable bonds is 4. The minimum Gasteiger partial charge on any atom is -0.371 e. The predicted molar refractivity (Wildman–Crippen MR) is 90.7 cm³/mol. The molecule has 1 fully saturated rings. The molecule has 0 atom stereocenters. The molecule has 3 rings (SSSR count). The molecule has 0 N–H and O–H groups in total. The highest BCUT2D eigenvalue weighted by atomic mass is 15.1. The van der Waals surface area contributed by atoms with Crippen LogP contribution in [0.15, 0.2) is 73.3 Å². The van der Waals surface area contributed by atoms with E-state index in [9.17, 15) is 0 Å². The van der Waals surface area contributed by atoms with Crippen molar-refractivity contribution in [3.63, 3.8) is 0 Å². The Morgan fingerprint density at radius 3 is 1.90 bits per heavy atom. The number of benzene rings is 2. The van der Waals surface area contributed by atoms with Gasteiger partial charge < -0.3 is 4.90 Å². The van der Waals surface area contributed by atoms with Crippen molar-refractivity contribution < 1.29 is 0 Å². The summed E-state index contributed by atoms with van der Waals surface area (Å²) in [7, 11) is 0. The fraction of sp³-hybridized carbons (Fsp3) is 0.200. The van der Waals surface area contributed by atoms with Crippen LogP contribution in [0.1, 0.15) is 24.0 Å². The first-order chi connectivity index (χ1) is 10.3. The van der Waals surface area contributed by atoms with Crippen LogP contribution < -0.4 is 0 Å². The Balaban J connectivity index is 1.95. The van der Waals surface area contributed by atoms with Gasteiger partial charge in [-0.3, -0.25) is 0 Å². The zero-order chi connectivity index (χ0) is 14.5. The summed E-state index contributed by atoms with van der Waals surface area (Å²) in [5.74, 6) is 0. The summed E-state index contributed by atoms with van der Waals surface area (Å²) in [5.41, 5.74) is 4.82. The number of allylic oxidation sites excluding steroid dienone is 2. The molecule has 21 heavy (non-hydrogen) atoms. The van der Waals surface area contributed by atoms with Gasteiger partial charge in [0.2, 0.25) is 0 Å². The number of hydrogen-bond donors (Lipinski definition) is 0. The highest BCUT2D eigenvalue weighted by Crippen LogP contribution is 2.27. The van der Waals surface area contributed by atoms with Crippen molar-refractivity contribution in [2.24, 2.45) is 0 Å². The summed E-state index contributed by atoms with van der Waals surface area (Å²) in [5, 5.41) is 0. The van der Waals surface area contributed by atoms with E-state index in [4.69, 9.17) is 0 Å². The van der Waals surface area contributed by atoms with Gasteiger partial charge in [-0.15, -0.1) is 0 Å². The molecule has 0 radical (unpaired) electrons. The van der Waals surface area contributed by atoms with Gasteiger partial charge in [0.15, 0.2) is 0 Å². The smallest absolute Gasteiger partial charge is 0.0445 e. The molecule has 1 saturated heterocycles. The van der Waals surface area contributed by atoms with E-state index in [0.717, 1.165) is 18.7 Å². The zero-order valence-corrected chi connectivity index (χ0v) is 12.3. The van der Waals surface area contributed by atoms with Crippen LogP contribution in [0.5, 0.6) is 0 Å². The second-order valence-corrected chi connectivity index (χ2v) is 5.48.